The third-order valence-corrected chi connectivity index (χ3v) is 2.46. The van der Waals surface area contributed by atoms with Crippen molar-refractivity contribution in [1.82, 2.24) is 0 Å². The summed E-state index contributed by atoms with van der Waals surface area (Å²) in [7, 11) is 0. The van der Waals surface area contributed by atoms with Crippen molar-refractivity contribution in [3.63, 3.8) is 0 Å². The molecule has 5 nitrogen and oxygen atoms in total. The van der Waals surface area contributed by atoms with Gasteiger partial charge in [0, 0.05) is 0 Å². The van der Waals surface area contributed by atoms with E-state index in [-0.39, 0.29) is 0 Å². The van der Waals surface area contributed by atoms with Crippen molar-refractivity contribution >= 4 is 17.7 Å². The van der Waals surface area contributed by atoms with Gasteiger partial charge in [-0.05, 0) is 12.5 Å². The molecule has 0 radical (unpaired) electrons. The number of rotatable bonds is 5. The van der Waals surface area contributed by atoms with Gasteiger partial charge in [-0.15, -0.1) is 0 Å². The molecule has 0 amide bonds. The van der Waals surface area contributed by atoms with E-state index in [1.807, 2.05) is 0 Å². The van der Waals surface area contributed by atoms with Gasteiger partial charge >= 0.3 is 11.9 Å². The zero-order chi connectivity index (χ0) is 13.0. The number of carboxylic acids is 2. The maximum atomic E-state index is 11.5. The Balaban J connectivity index is 3.22. The number of carbonyl (C=O) groups is 3. The zero-order valence-electron chi connectivity index (χ0n) is 9.16. The van der Waals surface area contributed by atoms with Gasteiger partial charge in [-0.25, -0.2) is 0 Å². The summed E-state index contributed by atoms with van der Waals surface area (Å²) in [6.45, 7) is 1.19. The number of ketones is 1. The summed E-state index contributed by atoms with van der Waals surface area (Å²) >= 11 is 0. The van der Waals surface area contributed by atoms with Crippen molar-refractivity contribution in [2.24, 2.45) is 5.92 Å². The second kappa shape index (κ2) is 5.25. The molecule has 0 bridgehead atoms. The molecule has 0 aromatic heterocycles. The first-order valence-electron chi connectivity index (χ1n) is 4.96. The molecule has 5 heteroatoms. The summed E-state index contributed by atoms with van der Waals surface area (Å²) in [5, 5.41) is 17.8. The number of hydrogen-bond donors (Lipinski definition) is 2. The molecule has 17 heavy (non-hydrogen) atoms. The summed E-state index contributed by atoms with van der Waals surface area (Å²) in [6.07, 6.45) is 0. The zero-order valence-corrected chi connectivity index (χ0v) is 9.16. The topological polar surface area (TPSA) is 91.7 Å². The first-order valence-corrected chi connectivity index (χ1v) is 4.96. The SMILES string of the molecule is CC(=O)C(c1ccccc1)C(C(=O)O)C(=O)O. The van der Waals surface area contributed by atoms with E-state index in [9.17, 15) is 14.4 Å². The Morgan fingerprint density at radius 2 is 1.47 bits per heavy atom. The van der Waals surface area contributed by atoms with Crippen LogP contribution in [0.25, 0.3) is 0 Å². The van der Waals surface area contributed by atoms with Crippen LogP contribution in [-0.2, 0) is 14.4 Å². The smallest absolute Gasteiger partial charge is 0.318 e. The minimum absolute atomic E-state index is 0.398. The maximum Gasteiger partial charge on any atom is 0.318 e. The van der Waals surface area contributed by atoms with Gasteiger partial charge in [0.15, 0.2) is 5.92 Å². The van der Waals surface area contributed by atoms with E-state index >= 15 is 0 Å². The van der Waals surface area contributed by atoms with Gasteiger partial charge < -0.3 is 10.2 Å². The van der Waals surface area contributed by atoms with Gasteiger partial charge in [-0.3, -0.25) is 14.4 Å². The highest BCUT2D eigenvalue weighted by molar-refractivity contribution is 6.01. The van der Waals surface area contributed by atoms with Crippen molar-refractivity contribution in [3.05, 3.63) is 35.9 Å². The molecule has 2 N–H and O–H groups in total. The molecule has 1 atom stereocenters. The highest BCUT2D eigenvalue weighted by Gasteiger charge is 2.38. The monoisotopic (exact) mass is 236 g/mol. The molecule has 0 fully saturated rings. The molecular weight excluding hydrogens is 224 g/mol. The van der Waals surface area contributed by atoms with Crippen LogP contribution >= 0.6 is 0 Å². The number of Topliss-reactive ketones (excluding diaryl/α,β-unsaturated/α-hetero) is 1. The van der Waals surface area contributed by atoms with Crippen molar-refractivity contribution in [3.8, 4) is 0 Å². The molecule has 0 heterocycles. The Hall–Kier alpha value is -2.17. The van der Waals surface area contributed by atoms with Crippen molar-refractivity contribution in [2.45, 2.75) is 12.8 Å². The summed E-state index contributed by atoms with van der Waals surface area (Å²) in [4.78, 5) is 33.3. The molecule has 0 saturated heterocycles. The van der Waals surface area contributed by atoms with Gasteiger partial charge in [-0.2, -0.15) is 0 Å². The fourth-order valence-electron chi connectivity index (χ4n) is 1.71. The average Bonchev–Trinajstić information content (AvgIpc) is 2.25. The van der Waals surface area contributed by atoms with Crippen LogP contribution in [0.1, 0.15) is 18.4 Å². The highest BCUT2D eigenvalue weighted by atomic mass is 16.4. The Morgan fingerprint density at radius 3 is 1.82 bits per heavy atom. The molecule has 0 saturated carbocycles. The van der Waals surface area contributed by atoms with E-state index in [4.69, 9.17) is 10.2 Å². The average molecular weight is 236 g/mol. The van der Waals surface area contributed by atoms with E-state index in [0.29, 0.717) is 5.56 Å². The number of hydrogen-bond acceptors (Lipinski definition) is 3. The van der Waals surface area contributed by atoms with Crippen LogP contribution in [0.4, 0.5) is 0 Å². The minimum atomic E-state index is -1.75. The Labute approximate surface area is 97.7 Å². The highest BCUT2D eigenvalue weighted by Crippen LogP contribution is 2.26. The van der Waals surface area contributed by atoms with Crippen molar-refractivity contribution in [2.75, 3.05) is 0 Å². The molecule has 0 spiro atoms. The van der Waals surface area contributed by atoms with Crippen LogP contribution in [-0.4, -0.2) is 27.9 Å². The number of aliphatic carboxylic acids is 2. The van der Waals surface area contributed by atoms with Gasteiger partial charge in [0.05, 0.1) is 5.92 Å². The second-order valence-corrected chi connectivity index (χ2v) is 3.65. The third kappa shape index (κ3) is 2.90. The second-order valence-electron chi connectivity index (χ2n) is 3.65. The summed E-state index contributed by atoms with van der Waals surface area (Å²) < 4.78 is 0. The molecule has 0 aliphatic rings. The van der Waals surface area contributed by atoms with Crippen LogP contribution < -0.4 is 0 Å². The lowest BCUT2D eigenvalue weighted by Crippen LogP contribution is -2.33. The van der Waals surface area contributed by atoms with Gasteiger partial charge in [0.2, 0.25) is 0 Å². The van der Waals surface area contributed by atoms with Crippen LogP contribution in [0.3, 0.4) is 0 Å². The molecule has 1 aromatic carbocycles. The molecular formula is C12H12O5. The van der Waals surface area contributed by atoms with Crippen LogP contribution in [0.5, 0.6) is 0 Å². The maximum absolute atomic E-state index is 11.5. The molecule has 1 aromatic rings. The quantitative estimate of drug-likeness (QED) is 0.748. The van der Waals surface area contributed by atoms with Crippen LogP contribution in [0.15, 0.2) is 30.3 Å². The first kappa shape index (κ1) is 12.9. The van der Waals surface area contributed by atoms with E-state index in [1.54, 1.807) is 30.3 Å². The number of carbonyl (C=O) groups excluding carboxylic acids is 1. The molecule has 1 rings (SSSR count). The first-order chi connectivity index (χ1) is 7.95. The van der Waals surface area contributed by atoms with Crippen LogP contribution in [0, 0.1) is 5.92 Å². The fourth-order valence-corrected chi connectivity index (χ4v) is 1.71. The number of benzene rings is 1. The van der Waals surface area contributed by atoms with Crippen molar-refractivity contribution in [1.29, 1.82) is 0 Å². The van der Waals surface area contributed by atoms with Gasteiger partial charge in [0.1, 0.15) is 5.78 Å². The lowest BCUT2D eigenvalue weighted by molar-refractivity contribution is -0.157. The molecule has 0 aliphatic carbocycles. The third-order valence-electron chi connectivity index (χ3n) is 2.46. The van der Waals surface area contributed by atoms with E-state index in [2.05, 4.69) is 0 Å². The van der Waals surface area contributed by atoms with Crippen LogP contribution in [0.2, 0.25) is 0 Å². The Bertz CT molecular complexity index is 423. The largest absolute Gasteiger partial charge is 0.481 e. The minimum Gasteiger partial charge on any atom is -0.481 e. The lowest BCUT2D eigenvalue weighted by atomic mass is 9.83. The van der Waals surface area contributed by atoms with Crippen molar-refractivity contribution < 1.29 is 24.6 Å². The molecule has 1 unspecified atom stereocenters. The molecule has 0 aliphatic heterocycles. The Morgan fingerprint density at radius 1 is 1.00 bits per heavy atom. The predicted molar refractivity (Wildman–Crippen MR) is 58.6 cm³/mol. The lowest BCUT2D eigenvalue weighted by Gasteiger charge is -2.18. The molecule has 90 valence electrons. The summed E-state index contributed by atoms with van der Waals surface area (Å²) in [5.41, 5.74) is 0.398. The normalized spacial score (nSPS) is 12.1. The fraction of sp³-hybridized carbons (Fsp3) is 0.250. The van der Waals surface area contributed by atoms with E-state index in [1.165, 1.54) is 6.92 Å². The summed E-state index contributed by atoms with van der Waals surface area (Å²) in [5.74, 6) is -6.42. The van der Waals surface area contributed by atoms with E-state index < -0.39 is 29.6 Å². The number of carboxylic acid groups (broad SMARTS) is 2. The Kier molecular flexibility index (Phi) is 3.98. The van der Waals surface area contributed by atoms with Gasteiger partial charge in [-0.1, -0.05) is 30.3 Å². The standard InChI is InChI=1S/C12H12O5/c1-7(13)9(8-5-3-2-4-6-8)10(11(14)15)12(16)17/h2-6,9-10H,1H3,(H,14,15)(H,16,17). The van der Waals surface area contributed by atoms with Gasteiger partial charge in [0.25, 0.3) is 0 Å². The predicted octanol–water partition coefficient (Wildman–Crippen LogP) is 1.14. The van der Waals surface area contributed by atoms with E-state index in [0.717, 1.165) is 0 Å². The summed E-state index contributed by atoms with van der Waals surface area (Å²) in [6, 6.07) is 8.06.